The van der Waals surface area contributed by atoms with Crippen molar-refractivity contribution in [2.24, 2.45) is 0 Å². The number of aryl methyl sites for hydroxylation is 1. The largest absolute Gasteiger partial charge is 0.417 e. The number of Topliss-reactive ketones (excluding diaryl/α,β-unsaturated/α-hetero) is 1. The van der Waals surface area contributed by atoms with Crippen LogP contribution in [0, 0.1) is 27.2 Å². The van der Waals surface area contributed by atoms with E-state index in [0.29, 0.717) is 97.6 Å². The zero-order valence-corrected chi connectivity index (χ0v) is 63.9. The van der Waals surface area contributed by atoms with Crippen molar-refractivity contribution in [2.75, 3.05) is 55.2 Å². The Labute approximate surface area is 673 Å². The number of anilines is 3. The van der Waals surface area contributed by atoms with E-state index in [4.69, 9.17) is 27.1 Å². The number of nitrogens with one attached hydrogen (secondary N) is 4. The summed E-state index contributed by atoms with van der Waals surface area (Å²) in [4.78, 5) is 227. The van der Waals surface area contributed by atoms with Crippen LogP contribution in [0.2, 0.25) is 0 Å². The fraction of sp³-hybridized carbons (Fsp3) is 0.300. The molecule has 0 radical (unpaired) electrons. The molecule has 0 bridgehead atoms. The van der Waals surface area contributed by atoms with E-state index in [-0.39, 0.29) is 147 Å². The zero-order chi connectivity index (χ0) is 84.1. The van der Waals surface area contributed by atoms with Crippen molar-refractivity contribution in [3.05, 3.63) is 220 Å². The first-order valence-corrected chi connectivity index (χ1v) is 37.8. The van der Waals surface area contributed by atoms with Crippen LogP contribution in [0.25, 0.3) is 11.0 Å². The topological polar surface area (TPSA) is 495 Å². The van der Waals surface area contributed by atoms with Gasteiger partial charge in [-0.3, -0.25) is 117 Å². The van der Waals surface area contributed by atoms with Crippen molar-refractivity contribution >= 4 is 133 Å². The maximum atomic E-state index is 13.6. The lowest BCUT2D eigenvalue weighted by molar-refractivity contribution is -0.385. The molecule has 118 heavy (non-hydrogen) atoms. The highest BCUT2D eigenvalue weighted by Crippen LogP contribution is 2.37. The van der Waals surface area contributed by atoms with Crippen LogP contribution >= 0.6 is 11.6 Å². The predicted molar refractivity (Wildman–Crippen MR) is 417 cm³/mol. The number of non-ortho nitro benzene ring substituents is 2. The first-order valence-electron chi connectivity index (χ1n) is 37.4. The molecule has 3 atom stereocenters. The number of imide groups is 4. The molecule has 16 rings (SSSR count). The number of amides is 12. The molecule has 3 aromatic heterocycles. The van der Waals surface area contributed by atoms with Gasteiger partial charge in [-0.1, -0.05) is 37.1 Å². The molecule has 4 saturated heterocycles. The highest BCUT2D eigenvalue weighted by Gasteiger charge is 2.47. The number of nitrogen functional groups attached to an aromatic ring is 1. The summed E-state index contributed by atoms with van der Waals surface area (Å²) in [5.74, 6) is -3.96. The number of pyridine rings is 2. The Morgan fingerprint density at radius 1 is 0.593 bits per heavy atom. The third-order valence-electron chi connectivity index (χ3n) is 21.2. The van der Waals surface area contributed by atoms with Crippen LogP contribution in [0.4, 0.5) is 38.0 Å². The number of nitro benzene ring substituents is 2. The Hall–Kier alpha value is -14.4. The molecule has 3 unspecified atom stereocenters. The number of nitrogens with zero attached hydrogens (tertiary/aromatic N) is 11. The lowest BCUT2D eigenvalue weighted by atomic mass is 9.99. The molecule has 5 fully saturated rings. The number of carbonyl (C=O) groups excluding carboxylic acids is 14. The van der Waals surface area contributed by atoms with Gasteiger partial charge in [-0.05, 0) is 124 Å². The quantitative estimate of drug-likeness (QED) is 0.0168. The van der Waals surface area contributed by atoms with Crippen LogP contribution in [-0.4, -0.2) is 189 Å². The van der Waals surface area contributed by atoms with Crippen molar-refractivity contribution < 1.29 is 86.4 Å². The molecule has 8 aliphatic rings. The molecule has 1 aliphatic carbocycles. The van der Waals surface area contributed by atoms with Gasteiger partial charge in [0.2, 0.25) is 29.5 Å². The van der Waals surface area contributed by atoms with Crippen LogP contribution in [0.3, 0.4) is 0 Å². The molecular weight excluding hydrogens is 1560 g/mol. The first kappa shape index (κ1) is 81.6. The highest BCUT2D eigenvalue weighted by atomic mass is 35.5. The second kappa shape index (κ2) is 34.7. The minimum atomic E-state index is -1.08. The van der Waals surface area contributed by atoms with E-state index < -0.39 is 68.9 Å². The molecule has 37 nitrogen and oxygen atoms in total. The van der Waals surface area contributed by atoms with Crippen LogP contribution in [0.15, 0.2) is 132 Å². The molecule has 606 valence electrons. The Morgan fingerprint density at radius 2 is 1.14 bits per heavy atom. The van der Waals surface area contributed by atoms with E-state index in [0.717, 1.165) is 46.9 Å². The fourth-order valence-corrected chi connectivity index (χ4v) is 15.4. The predicted octanol–water partition coefficient (Wildman–Crippen LogP) is 7.25. The lowest BCUT2D eigenvalue weighted by Crippen LogP contribution is -2.54. The van der Waals surface area contributed by atoms with Gasteiger partial charge in [0.15, 0.2) is 5.78 Å². The van der Waals surface area contributed by atoms with E-state index in [1.165, 1.54) is 84.6 Å². The van der Waals surface area contributed by atoms with Gasteiger partial charge >= 0.3 is 11.5 Å². The van der Waals surface area contributed by atoms with Gasteiger partial charge in [0.25, 0.3) is 52.4 Å². The average Bonchev–Trinajstić information content (AvgIpc) is 1.73. The van der Waals surface area contributed by atoms with Gasteiger partial charge in [0, 0.05) is 123 Å². The van der Waals surface area contributed by atoms with E-state index in [1.807, 2.05) is 12.1 Å². The van der Waals surface area contributed by atoms with Crippen molar-refractivity contribution in [1.82, 2.24) is 55.1 Å². The van der Waals surface area contributed by atoms with Crippen LogP contribution in [-0.2, 0) is 36.8 Å². The maximum absolute atomic E-state index is 13.6. The van der Waals surface area contributed by atoms with E-state index >= 15 is 0 Å². The number of aromatic nitrogens is 4. The number of nitro groups is 2. The van der Waals surface area contributed by atoms with Crippen molar-refractivity contribution in [1.29, 1.82) is 0 Å². The van der Waals surface area contributed by atoms with Gasteiger partial charge in [0.05, 0.1) is 91.3 Å². The van der Waals surface area contributed by atoms with Gasteiger partial charge < -0.3 is 35.6 Å². The number of ether oxygens (including phenoxy) is 2. The molecule has 38 heteroatoms. The SMILES string of the molecule is CC(=O)c1c(C)c2cnc(Cc3ccc(N4CCN(C(=O)Cc5cccc6c5C(=O)N(C5CCC(=O)NC5=O)C6=O)CC4)cn3)nc2n(C2CCCC2)c1=O.Nc1cccc2c1C(=O)N(C1CCC(=O)NC1)C2=O.O=C(Cl)Oc1ccc([N+](=O)[O-])cc1.O=C1CCC(N2C(=O)c3cccc(NC(=O)Oc4ccc([N+](=O)[O-])cc4)c3C2=O)CN1. The van der Waals surface area contributed by atoms with Crippen molar-refractivity contribution in [3.63, 3.8) is 0 Å². The number of hydrogen-bond acceptors (Lipinski definition) is 26. The average molecular weight is 1630 g/mol. The summed E-state index contributed by atoms with van der Waals surface area (Å²) in [6, 6.07) is 26.1. The highest BCUT2D eigenvalue weighted by molar-refractivity contribution is 6.61. The number of fused-ring (bicyclic) bond motifs is 4. The summed E-state index contributed by atoms with van der Waals surface area (Å²) in [7, 11) is 0. The Balaban J connectivity index is 0.000000159. The van der Waals surface area contributed by atoms with Crippen molar-refractivity contribution in [2.45, 2.75) is 115 Å². The Bertz CT molecular complexity index is 5590. The third-order valence-corrected chi connectivity index (χ3v) is 21.3. The minimum Gasteiger partial charge on any atom is -0.414 e. The number of benzene rings is 5. The maximum Gasteiger partial charge on any atom is 0.417 e. The minimum absolute atomic E-state index is 0.00336. The number of hydrogen-bond donors (Lipinski definition) is 5. The summed E-state index contributed by atoms with van der Waals surface area (Å²) >= 11 is 4.92. The molecule has 1 saturated carbocycles. The number of ketones is 1. The number of nitrogens with two attached hydrogens (primary N) is 1. The summed E-state index contributed by atoms with van der Waals surface area (Å²) in [5.41, 5.74) is 9.23. The van der Waals surface area contributed by atoms with Gasteiger partial charge in [-0.25, -0.2) is 19.6 Å². The smallest absolute Gasteiger partial charge is 0.414 e. The number of rotatable bonds is 15. The Morgan fingerprint density at radius 3 is 1.68 bits per heavy atom. The van der Waals surface area contributed by atoms with Crippen LogP contribution in [0.1, 0.15) is 172 Å². The normalized spacial score (nSPS) is 18.2. The first-order chi connectivity index (χ1) is 56.5. The summed E-state index contributed by atoms with van der Waals surface area (Å²) in [5, 5.41) is 31.6. The Kier molecular flexibility index (Phi) is 24.0. The number of halogens is 1. The van der Waals surface area contributed by atoms with Crippen LogP contribution < -0.4 is 46.9 Å². The number of piperidine rings is 3. The van der Waals surface area contributed by atoms with Gasteiger partial charge in [-0.15, -0.1) is 0 Å². The zero-order valence-electron chi connectivity index (χ0n) is 63.1. The van der Waals surface area contributed by atoms with Crippen LogP contribution in [0.5, 0.6) is 11.5 Å². The van der Waals surface area contributed by atoms with E-state index in [1.54, 1.807) is 59.1 Å². The second-order valence-corrected chi connectivity index (χ2v) is 28.8. The molecule has 10 heterocycles. The van der Waals surface area contributed by atoms with Gasteiger partial charge in [0.1, 0.15) is 29.0 Å². The second-order valence-electron chi connectivity index (χ2n) is 28.5. The third kappa shape index (κ3) is 17.2. The van der Waals surface area contributed by atoms with Gasteiger partial charge in [-0.2, -0.15) is 0 Å². The van der Waals surface area contributed by atoms with E-state index in [2.05, 4.69) is 40.9 Å². The molecule has 0 spiro atoms. The fourth-order valence-electron chi connectivity index (χ4n) is 15.3. The molecule has 5 aromatic carbocycles. The monoisotopic (exact) mass is 1630 g/mol. The lowest BCUT2D eigenvalue weighted by Gasteiger charge is -2.36. The standard InChI is InChI=1S/C40H40N8O7.C20H16N4O7.C13H13N3O3.C7H4ClNO4/c1-22-29-21-42-31(43-36(29)47(26-7-3-4-8-26)39(54)34(22)23(2)49)19-25-10-11-27(20-41-25)45-14-16-46(17-15-45)33(51)18-24-6-5-9-28-35(24)40(55)48(38(28)53)30-12-13-32(50)44-37(30)52;25-16-9-6-12(10-21-16)23-18(26)14-2-1-3-15(17(14)19(23)27)22-20(28)31-13-7-4-11(5-8-13)24(29)30;14-9-3-1-2-8-11(9)13(19)16(12(8)18)7-4-5-10(17)15-6-7;8-7(10)13-6-3-1-5(2-4-6)9(11)12/h5-6,9-11,20-21,26,30H,3-4,7-8,12-19H2,1-2H3,(H,44,50,52);1-5,7-8,12H,6,9-10H2,(H,21,25)(H,22,28);1-3,7H,4-6,14H2,(H,15,17);1-4H. The molecule has 6 N–H and O–H groups in total. The molecule has 7 aliphatic heterocycles. The molecule has 12 amide bonds. The molecule has 8 aromatic rings. The van der Waals surface area contributed by atoms with Crippen molar-refractivity contribution in [3.8, 4) is 11.5 Å². The molecular formula is C80H73ClN16O21. The summed E-state index contributed by atoms with van der Waals surface area (Å²) < 4.78 is 11.3. The summed E-state index contributed by atoms with van der Waals surface area (Å²) in [6.07, 6.45) is 8.11. The van der Waals surface area contributed by atoms with E-state index in [9.17, 15) is 92.1 Å². The number of piperazine rings is 1. The number of carbonyl (C=O) groups is 14. The summed E-state index contributed by atoms with van der Waals surface area (Å²) in [6.45, 7) is 5.71.